The lowest BCUT2D eigenvalue weighted by Crippen LogP contribution is -2.37. The third-order valence-electron chi connectivity index (χ3n) is 7.99. The quantitative estimate of drug-likeness (QED) is 0.247. The first-order valence-corrected chi connectivity index (χ1v) is 15.0. The van der Waals surface area contributed by atoms with Crippen molar-refractivity contribution in [2.24, 2.45) is 0 Å². The highest BCUT2D eigenvalue weighted by Crippen LogP contribution is 2.34. The molecule has 1 unspecified atom stereocenters. The first-order chi connectivity index (χ1) is 20.5. The van der Waals surface area contributed by atoms with Crippen LogP contribution < -0.4 is 15.5 Å². The molecule has 3 aromatic rings. The summed E-state index contributed by atoms with van der Waals surface area (Å²) in [6.07, 6.45) is 4.79. The Morgan fingerprint density at radius 3 is 2.26 bits per heavy atom. The Morgan fingerprint density at radius 2 is 1.63 bits per heavy atom. The molecule has 0 aromatic heterocycles. The van der Waals surface area contributed by atoms with E-state index in [0.717, 1.165) is 22.5 Å². The van der Waals surface area contributed by atoms with Gasteiger partial charge in [0.25, 0.3) is 5.91 Å². The van der Waals surface area contributed by atoms with Gasteiger partial charge in [-0.3, -0.25) is 9.69 Å². The van der Waals surface area contributed by atoms with Crippen LogP contribution in [0.5, 0.6) is 0 Å². The molecule has 3 amide bonds. The zero-order valence-corrected chi connectivity index (χ0v) is 25.6. The largest absolute Gasteiger partial charge is 0.467 e. The standard InChI is InChI=1S/C35H43N3O5/c1-35(2,3)28-11-8-12-29(21-28)37-34(42)38(30-19-17-26(18-20-30)25-9-6-5-7-10-25)23-24-13-15-27(16-14-24)32(40)36-22-31(39)33(41)43-4/h8,11-21,25,31,39H,5-7,9-10,22-23H2,1-4H3,(H,36,40)(H,37,42). The zero-order chi connectivity index (χ0) is 31.0. The van der Waals surface area contributed by atoms with Crippen molar-refractivity contribution in [3.8, 4) is 0 Å². The van der Waals surface area contributed by atoms with E-state index in [0.29, 0.717) is 11.5 Å². The van der Waals surface area contributed by atoms with Crippen LogP contribution in [0, 0.1) is 0 Å². The molecule has 0 spiro atoms. The first kappa shape index (κ1) is 31.8. The predicted octanol–water partition coefficient (Wildman–Crippen LogP) is 6.53. The van der Waals surface area contributed by atoms with Crippen molar-refractivity contribution in [1.29, 1.82) is 0 Å². The summed E-state index contributed by atoms with van der Waals surface area (Å²) in [6.45, 7) is 6.45. The first-order valence-electron chi connectivity index (χ1n) is 15.0. The smallest absolute Gasteiger partial charge is 0.336 e. The van der Waals surface area contributed by atoms with E-state index < -0.39 is 18.0 Å². The third kappa shape index (κ3) is 8.67. The Morgan fingerprint density at radius 1 is 0.953 bits per heavy atom. The molecule has 0 saturated heterocycles. The van der Waals surface area contributed by atoms with Crippen molar-refractivity contribution < 1.29 is 24.2 Å². The van der Waals surface area contributed by atoms with Crippen molar-refractivity contribution in [3.63, 3.8) is 0 Å². The van der Waals surface area contributed by atoms with Crippen molar-refractivity contribution in [1.82, 2.24) is 5.32 Å². The number of amides is 3. The molecule has 228 valence electrons. The van der Waals surface area contributed by atoms with Gasteiger partial charge in [-0.05, 0) is 77.3 Å². The molecule has 1 fully saturated rings. The summed E-state index contributed by atoms with van der Waals surface area (Å²) >= 11 is 0. The molecule has 8 nitrogen and oxygen atoms in total. The summed E-state index contributed by atoms with van der Waals surface area (Å²) in [6, 6.07) is 22.9. The normalized spacial score (nSPS) is 14.4. The van der Waals surface area contributed by atoms with E-state index in [1.165, 1.54) is 44.8 Å². The van der Waals surface area contributed by atoms with E-state index in [1.54, 1.807) is 29.2 Å². The maximum Gasteiger partial charge on any atom is 0.336 e. The molecule has 1 atom stereocenters. The highest BCUT2D eigenvalue weighted by molar-refractivity contribution is 6.01. The number of ether oxygens (including phenoxy) is 1. The van der Waals surface area contributed by atoms with Crippen LogP contribution in [0.15, 0.2) is 72.8 Å². The van der Waals surface area contributed by atoms with Crippen LogP contribution in [0.2, 0.25) is 0 Å². The SMILES string of the molecule is COC(=O)C(O)CNC(=O)c1ccc(CN(C(=O)Nc2cccc(C(C)(C)C)c2)c2ccc(C3CCCCC3)cc2)cc1. The van der Waals surface area contributed by atoms with Gasteiger partial charge in [0.15, 0.2) is 6.10 Å². The number of carbonyl (C=O) groups is 3. The van der Waals surface area contributed by atoms with Gasteiger partial charge in [-0.15, -0.1) is 0 Å². The van der Waals surface area contributed by atoms with Crippen LogP contribution in [0.1, 0.15) is 85.8 Å². The summed E-state index contributed by atoms with van der Waals surface area (Å²) in [5.74, 6) is -0.676. The average Bonchev–Trinajstić information content (AvgIpc) is 3.02. The number of nitrogens with one attached hydrogen (secondary N) is 2. The number of carbonyl (C=O) groups excluding carboxylic acids is 3. The third-order valence-corrected chi connectivity index (χ3v) is 7.99. The number of rotatable bonds is 9. The van der Waals surface area contributed by atoms with Crippen LogP contribution in [0.25, 0.3) is 0 Å². The number of aliphatic hydroxyl groups is 1. The molecule has 3 aromatic carbocycles. The Bertz CT molecular complexity index is 1390. The number of aliphatic hydroxyl groups excluding tert-OH is 1. The van der Waals surface area contributed by atoms with E-state index in [-0.39, 0.29) is 24.5 Å². The number of hydrogen-bond donors (Lipinski definition) is 3. The lowest BCUT2D eigenvalue weighted by molar-refractivity contribution is -0.149. The number of hydrogen-bond acceptors (Lipinski definition) is 5. The monoisotopic (exact) mass is 585 g/mol. The predicted molar refractivity (Wildman–Crippen MR) is 169 cm³/mol. The fourth-order valence-electron chi connectivity index (χ4n) is 5.35. The van der Waals surface area contributed by atoms with Crippen LogP contribution in [-0.2, 0) is 21.5 Å². The van der Waals surface area contributed by atoms with Gasteiger partial charge >= 0.3 is 12.0 Å². The second kappa shape index (κ2) is 14.3. The van der Waals surface area contributed by atoms with Crippen LogP contribution in [0.4, 0.5) is 16.2 Å². The number of urea groups is 1. The van der Waals surface area contributed by atoms with Gasteiger partial charge in [-0.25, -0.2) is 9.59 Å². The molecule has 0 heterocycles. The van der Waals surface area contributed by atoms with Crippen molar-refractivity contribution in [2.75, 3.05) is 23.9 Å². The van der Waals surface area contributed by atoms with Crippen LogP contribution in [0.3, 0.4) is 0 Å². The minimum absolute atomic E-state index is 0.0548. The lowest BCUT2D eigenvalue weighted by atomic mass is 9.84. The Kier molecular flexibility index (Phi) is 10.6. The molecule has 1 aliphatic rings. The minimum atomic E-state index is -1.44. The number of methoxy groups -OCH3 is 1. The van der Waals surface area contributed by atoms with Crippen LogP contribution >= 0.6 is 0 Å². The average molecular weight is 586 g/mol. The highest BCUT2D eigenvalue weighted by atomic mass is 16.5. The van der Waals surface area contributed by atoms with Gasteiger partial charge in [-0.1, -0.05) is 76.4 Å². The van der Waals surface area contributed by atoms with E-state index in [4.69, 9.17) is 0 Å². The molecule has 0 bridgehead atoms. The van der Waals surface area contributed by atoms with Crippen molar-refractivity contribution in [2.45, 2.75) is 76.9 Å². The highest BCUT2D eigenvalue weighted by Gasteiger charge is 2.21. The minimum Gasteiger partial charge on any atom is -0.467 e. The molecule has 4 rings (SSSR count). The fraction of sp³-hybridized carbons (Fsp3) is 0.400. The van der Waals surface area contributed by atoms with Gasteiger partial charge in [0.1, 0.15) is 0 Å². The van der Waals surface area contributed by atoms with E-state index in [2.05, 4.69) is 54.3 Å². The van der Waals surface area contributed by atoms with Gasteiger partial charge in [-0.2, -0.15) is 0 Å². The van der Waals surface area contributed by atoms with Crippen LogP contribution in [-0.4, -0.2) is 42.8 Å². The van der Waals surface area contributed by atoms with E-state index in [9.17, 15) is 19.5 Å². The molecule has 43 heavy (non-hydrogen) atoms. The second-order valence-electron chi connectivity index (χ2n) is 12.2. The van der Waals surface area contributed by atoms with Gasteiger partial charge in [0.2, 0.25) is 0 Å². The molecule has 0 aliphatic heterocycles. The molecular weight excluding hydrogens is 542 g/mol. The van der Waals surface area contributed by atoms with Crippen molar-refractivity contribution in [3.05, 3.63) is 95.1 Å². The summed E-state index contributed by atoms with van der Waals surface area (Å²) in [5, 5.41) is 15.3. The lowest BCUT2D eigenvalue weighted by Gasteiger charge is -2.26. The summed E-state index contributed by atoms with van der Waals surface area (Å²) < 4.78 is 4.48. The summed E-state index contributed by atoms with van der Waals surface area (Å²) in [7, 11) is 1.17. The van der Waals surface area contributed by atoms with Gasteiger partial charge in [0, 0.05) is 16.9 Å². The Hall–Kier alpha value is -4.17. The second-order valence-corrected chi connectivity index (χ2v) is 12.2. The van der Waals surface area contributed by atoms with Gasteiger partial charge < -0.3 is 20.5 Å². The number of anilines is 2. The Balaban J connectivity index is 1.52. The van der Waals surface area contributed by atoms with E-state index in [1.807, 2.05) is 30.3 Å². The van der Waals surface area contributed by atoms with Crippen molar-refractivity contribution >= 4 is 29.3 Å². The summed E-state index contributed by atoms with van der Waals surface area (Å²) in [5.41, 5.74) is 5.09. The number of esters is 1. The van der Waals surface area contributed by atoms with Gasteiger partial charge in [0.05, 0.1) is 20.2 Å². The molecular formula is C35H43N3O5. The molecule has 8 heteroatoms. The maximum atomic E-state index is 13.8. The number of benzene rings is 3. The number of nitrogens with zero attached hydrogens (tertiary/aromatic N) is 1. The molecule has 3 N–H and O–H groups in total. The molecule has 1 saturated carbocycles. The molecule has 1 aliphatic carbocycles. The fourth-order valence-corrected chi connectivity index (χ4v) is 5.35. The summed E-state index contributed by atoms with van der Waals surface area (Å²) in [4.78, 5) is 39.4. The Labute approximate surface area is 254 Å². The zero-order valence-electron chi connectivity index (χ0n) is 25.6. The maximum absolute atomic E-state index is 13.8. The molecule has 0 radical (unpaired) electrons. The topological polar surface area (TPSA) is 108 Å². The van der Waals surface area contributed by atoms with E-state index >= 15 is 0 Å².